The van der Waals surface area contributed by atoms with E-state index in [1.807, 2.05) is 18.8 Å². The molecule has 2 nitrogen and oxygen atoms in total. The van der Waals surface area contributed by atoms with Crippen LogP contribution in [-0.4, -0.2) is 23.8 Å². The van der Waals surface area contributed by atoms with Crippen molar-refractivity contribution in [1.82, 2.24) is 10.3 Å². The second-order valence-electron chi connectivity index (χ2n) is 4.70. The van der Waals surface area contributed by atoms with Gasteiger partial charge in [-0.1, -0.05) is 17.7 Å². The summed E-state index contributed by atoms with van der Waals surface area (Å²) in [6.07, 6.45) is 1.01. The van der Waals surface area contributed by atoms with Gasteiger partial charge in [-0.3, -0.25) is 0 Å². The molecule has 4 heteroatoms. The molecular formula is C15H20N2S2. The fourth-order valence-electron chi connectivity index (χ4n) is 1.85. The number of hydrogen-bond acceptors (Lipinski definition) is 4. The predicted octanol–water partition coefficient (Wildman–Crippen LogP) is 3.68. The highest BCUT2D eigenvalue weighted by Gasteiger charge is 2.10. The minimum absolute atomic E-state index is 0.469. The van der Waals surface area contributed by atoms with Gasteiger partial charge in [0.2, 0.25) is 0 Å². The standard InChI is InChI=1S/C15H20N2S2/c1-11-5-4-6-14(7-11)18-10-13(16-3)8-15-17-12(2)9-19-15/h4-7,9,13,16H,8,10H2,1-3H3. The van der Waals surface area contributed by atoms with Crippen LogP contribution in [0.25, 0.3) is 0 Å². The minimum Gasteiger partial charge on any atom is -0.316 e. The van der Waals surface area contributed by atoms with Gasteiger partial charge in [-0.15, -0.1) is 23.1 Å². The summed E-state index contributed by atoms with van der Waals surface area (Å²) in [7, 11) is 2.03. The van der Waals surface area contributed by atoms with Gasteiger partial charge in [0.15, 0.2) is 0 Å². The van der Waals surface area contributed by atoms with Crippen LogP contribution in [0.5, 0.6) is 0 Å². The highest BCUT2D eigenvalue weighted by Crippen LogP contribution is 2.21. The van der Waals surface area contributed by atoms with Gasteiger partial charge in [0, 0.05) is 34.2 Å². The molecule has 1 heterocycles. The van der Waals surface area contributed by atoms with Crippen molar-refractivity contribution in [3.8, 4) is 0 Å². The van der Waals surface area contributed by atoms with Gasteiger partial charge in [-0.25, -0.2) is 4.98 Å². The van der Waals surface area contributed by atoms with Crippen LogP contribution in [-0.2, 0) is 6.42 Å². The van der Waals surface area contributed by atoms with Gasteiger partial charge in [0.05, 0.1) is 5.01 Å². The molecule has 0 aliphatic carbocycles. The first-order valence-corrected chi connectivity index (χ1v) is 8.31. The number of nitrogens with one attached hydrogen (secondary N) is 1. The Balaban J connectivity index is 1.89. The largest absolute Gasteiger partial charge is 0.316 e. The van der Waals surface area contributed by atoms with Crippen LogP contribution < -0.4 is 5.32 Å². The second kappa shape index (κ2) is 7.08. The molecule has 0 bridgehead atoms. The predicted molar refractivity (Wildman–Crippen MR) is 85.3 cm³/mol. The first-order valence-electron chi connectivity index (χ1n) is 6.45. The average Bonchev–Trinajstić information content (AvgIpc) is 2.80. The lowest BCUT2D eigenvalue weighted by Crippen LogP contribution is -2.30. The third-order valence-electron chi connectivity index (χ3n) is 2.94. The quantitative estimate of drug-likeness (QED) is 0.822. The Bertz CT molecular complexity index is 522. The Morgan fingerprint density at radius 1 is 1.37 bits per heavy atom. The number of thioether (sulfide) groups is 1. The highest BCUT2D eigenvalue weighted by molar-refractivity contribution is 7.99. The summed E-state index contributed by atoms with van der Waals surface area (Å²) in [6.45, 7) is 4.19. The van der Waals surface area contributed by atoms with Crippen molar-refractivity contribution in [2.24, 2.45) is 0 Å². The summed E-state index contributed by atoms with van der Waals surface area (Å²) in [6, 6.07) is 9.15. The smallest absolute Gasteiger partial charge is 0.0943 e. The van der Waals surface area contributed by atoms with Crippen molar-refractivity contribution < 1.29 is 0 Å². The van der Waals surface area contributed by atoms with Crippen LogP contribution in [0.1, 0.15) is 16.3 Å². The molecule has 0 aliphatic heterocycles. The number of hydrogen-bond donors (Lipinski definition) is 1. The molecule has 1 unspecified atom stereocenters. The van der Waals surface area contributed by atoms with Crippen LogP contribution in [0.15, 0.2) is 34.5 Å². The lowest BCUT2D eigenvalue weighted by molar-refractivity contribution is 0.615. The number of thiazole rings is 1. The second-order valence-corrected chi connectivity index (χ2v) is 6.74. The van der Waals surface area contributed by atoms with E-state index in [1.54, 1.807) is 11.3 Å². The maximum Gasteiger partial charge on any atom is 0.0943 e. The van der Waals surface area contributed by atoms with E-state index in [1.165, 1.54) is 15.5 Å². The zero-order valence-electron chi connectivity index (χ0n) is 11.6. The Kier molecular flexibility index (Phi) is 5.43. The summed E-state index contributed by atoms with van der Waals surface area (Å²) >= 11 is 3.66. The molecule has 0 aliphatic rings. The maximum atomic E-state index is 4.54. The molecule has 102 valence electrons. The molecule has 1 aromatic carbocycles. The zero-order valence-corrected chi connectivity index (χ0v) is 13.3. The van der Waals surface area contributed by atoms with E-state index in [2.05, 4.69) is 53.8 Å². The summed E-state index contributed by atoms with van der Waals surface area (Å²) in [5.74, 6) is 1.07. The topological polar surface area (TPSA) is 24.9 Å². The van der Waals surface area contributed by atoms with Crippen molar-refractivity contribution in [3.05, 3.63) is 45.9 Å². The monoisotopic (exact) mass is 292 g/mol. The first-order chi connectivity index (χ1) is 9.17. The molecule has 0 radical (unpaired) electrons. The van der Waals surface area contributed by atoms with Crippen molar-refractivity contribution in [1.29, 1.82) is 0 Å². The van der Waals surface area contributed by atoms with Crippen LogP contribution in [0.3, 0.4) is 0 Å². The number of aromatic nitrogens is 1. The van der Waals surface area contributed by atoms with E-state index in [-0.39, 0.29) is 0 Å². The molecule has 1 atom stereocenters. The van der Waals surface area contributed by atoms with Gasteiger partial charge >= 0.3 is 0 Å². The lowest BCUT2D eigenvalue weighted by Gasteiger charge is -2.14. The number of likely N-dealkylation sites (N-methyl/N-ethyl adjacent to an activating group) is 1. The van der Waals surface area contributed by atoms with E-state index < -0.39 is 0 Å². The van der Waals surface area contributed by atoms with E-state index in [0.717, 1.165) is 17.9 Å². The van der Waals surface area contributed by atoms with Crippen LogP contribution >= 0.6 is 23.1 Å². The van der Waals surface area contributed by atoms with Crippen LogP contribution in [0.4, 0.5) is 0 Å². The molecule has 0 saturated heterocycles. The van der Waals surface area contributed by atoms with Gasteiger partial charge in [-0.2, -0.15) is 0 Å². The fraction of sp³-hybridized carbons (Fsp3) is 0.400. The summed E-state index contributed by atoms with van der Waals surface area (Å²) in [4.78, 5) is 5.88. The third kappa shape index (κ3) is 4.64. The third-order valence-corrected chi connectivity index (χ3v) is 5.08. The number of benzene rings is 1. The Labute approximate surface area is 123 Å². The highest BCUT2D eigenvalue weighted by atomic mass is 32.2. The Morgan fingerprint density at radius 2 is 2.21 bits per heavy atom. The van der Waals surface area contributed by atoms with Gasteiger partial charge in [-0.05, 0) is 33.0 Å². The molecule has 0 amide bonds. The molecule has 2 rings (SSSR count). The summed E-state index contributed by atoms with van der Waals surface area (Å²) in [5.41, 5.74) is 2.45. The molecule has 1 aromatic heterocycles. The van der Waals surface area contributed by atoms with Crippen molar-refractivity contribution in [3.63, 3.8) is 0 Å². The van der Waals surface area contributed by atoms with Gasteiger partial charge < -0.3 is 5.32 Å². The van der Waals surface area contributed by atoms with Gasteiger partial charge in [0.25, 0.3) is 0 Å². The molecule has 0 fully saturated rings. The normalized spacial score (nSPS) is 12.6. The lowest BCUT2D eigenvalue weighted by atomic mass is 10.2. The number of aryl methyl sites for hydroxylation is 2. The SMILES string of the molecule is CNC(CSc1cccc(C)c1)Cc1nc(C)cs1. The van der Waals surface area contributed by atoms with E-state index >= 15 is 0 Å². The molecule has 0 spiro atoms. The zero-order chi connectivity index (χ0) is 13.7. The van der Waals surface area contributed by atoms with Crippen LogP contribution in [0.2, 0.25) is 0 Å². The number of nitrogens with zero attached hydrogens (tertiary/aromatic N) is 1. The van der Waals surface area contributed by atoms with Crippen LogP contribution in [0, 0.1) is 13.8 Å². The minimum atomic E-state index is 0.469. The molecular weight excluding hydrogens is 272 g/mol. The fourth-order valence-corrected chi connectivity index (χ4v) is 3.83. The Morgan fingerprint density at radius 3 is 2.84 bits per heavy atom. The van der Waals surface area contributed by atoms with Gasteiger partial charge in [0.1, 0.15) is 0 Å². The van der Waals surface area contributed by atoms with Crippen molar-refractivity contribution >= 4 is 23.1 Å². The van der Waals surface area contributed by atoms with Crippen molar-refractivity contribution in [2.75, 3.05) is 12.8 Å². The molecule has 1 N–H and O–H groups in total. The summed E-state index contributed by atoms with van der Waals surface area (Å²) < 4.78 is 0. The first kappa shape index (κ1) is 14.6. The molecule has 2 aromatic rings. The van der Waals surface area contributed by atoms with E-state index in [4.69, 9.17) is 0 Å². The summed E-state index contributed by atoms with van der Waals surface area (Å²) in [5, 5.41) is 6.74. The molecule has 0 saturated carbocycles. The number of rotatable bonds is 6. The van der Waals surface area contributed by atoms with E-state index in [9.17, 15) is 0 Å². The average molecular weight is 292 g/mol. The Hall–Kier alpha value is -0.840. The van der Waals surface area contributed by atoms with Crippen molar-refractivity contribution in [2.45, 2.75) is 31.2 Å². The van der Waals surface area contributed by atoms with E-state index in [0.29, 0.717) is 6.04 Å². The maximum absolute atomic E-state index is 4.54. The molecule has 19 heavy (non-hydrogen) atoms.